The van der Waals surface area contributed by atoms with Gasteiger partial charge in [0.25, 0.3) is 0 Å². The maximum Gasteiger partial charge on any atom is 0.303 e. The van der Waals surface area contributed by atoms with Crippen LogP contribution in [-0.2, 0) is 4.79 Å². The lowest BCUT2D eigenvalue weighted by atomic mass is 9.42. The molecule has 0 heterocycles. The zero-order chi connectivity index (χ0) is 22.5. The molecule has 0 amide bonds. The van der Waals surface area contributed by atoms with Crippen molar-refractivity contribution in [1.82, 2.24) is 0 Å². The van der Waals surface area contributed by atoms with Crippen molar-refractivity contribution in [3.05, 3.63) is 0 Å². The Morgan fingerprint density at radius 2 is 1.84 bits per heavy atom. The van der Waals surface area contributed by atoms with Crippen LogP contribution in [0.15, 0.2) is 0 Å². The molecule has 0 spiro atoms. The van der Waals surface area contributed by atoms with Crippen molar-refractivity contribution in [1.29, 1.82) is 0 Å². The van der Waals surface area contributed by atoms with Crippen molar-refractivity contribution in [2.45, 2.75) is 104 Å². The van der Waals surface area contributed by atoms with E-state index in [9.17, 15) is 15.0 Å². The second kappa shape index (κ2) is 8.97. The fraction of sp³-hybridized carbons (Fsp3) is 0.963. The summed E-state index contributed by atoms with van der Waals surface area (Å²) in [5, 5.41) is 31.2. The lowest BCUT2D eigenvalue weighted by Gasteiger charge is -2.64. The van der Waals surface area contributed by atoms with Crippen LogP contribution in [0.25, 0.3) is 0 Å². The number of aliphatic carboxylic acids is 1. The number of carboxylic acids is 1. The molecule has 12 atom stereocenters. The maximum atomic E-state index is 11.7. The Balaban J connectivity index is 1.57. The van der Waals surface area contributed by atoms with Gasteiger partial charge in [-0.05, 0) is 110 Å². The third kappa shape index (κ3) is 3.98. The van der Waals surface area contributed by atoms with Crippen molar-refractivity contribution < 1.29 is 20.1 Å². The SMILES string of the molecule is CC[C@H]1[C@@H](O)[C@H]2[C@@H]3CC[C@H]([C@H](C)CCCC(=O)O)[C@H]3[C@H](C)C[C@@H]2[C@@]2(C)CC[C@@H](O)C[C@@H]12. The fourth-order valence-electron chi connectivity index (χ4n) is 9.56. The summed E-state index contributed by atoms with van der Waals surface area (Å²) in [6, 6.07) is 0. The molecule has 0 aliphatic heterocycles. The monoisotopic (exact) mass is 434 g/mol. The number of rotatable bonds is 6. The van der Waals surface area contributed by atoms with Crippen LogP contribution in [0, 0.1) is 58.7 Å². The van der Waals surface area contributed by atoms with Crippen molar-refractivity contribution in [3.8, 4) is 0 Å². The summed E-state index contributed by atoms with van der Waals surface area (Å²) in [6.45, 7) is 9.55. The lowest BCUT2D eigenvalue weighted by molar-refractivity contribution is -0.199. The first-order chi connectivity index (χ1) is 14.7. The first kappa shape index (κ1) is 23.5. The van der Waals surface area contributed by atoms with Gasteiger partial charge in [-0.15, -0.1) is 0 Å². The summed E-state index contributed by atoms with van der Waals surface area (Å²) in [4.78, 5) is 11.0. The minimum absolute atomic E-state index is 0.188. The van der Waals surface area contributed by atoms with Crippen LogP contribution < -0.4 is 0 Å². The van der Waals surface area contributed by atoms with Crippen LogP contribution in [0.1, 0.15) is 91.9 Å². The van der Waals surface area contributed by atoms with Gasteiger partial charge in [-0.3, -0.25) is 4.79 Å². The number of fused-ring (bicyclic) bond motifs is 5. The van der Waals surface area contributed by atoms with Crippen molar-refractivity contribution in [3.63, 3.8) is 0 Å². The molecule has 4 saturated carbocycles. The molecular weight excluding hydrogens is 388 g/mol. The molecule has 3 N–H and O–H groups in total. The normalized spacial score (nSPS) is 50.3. The second-order valence-corrected chi connectivity index (χ2v) is 12.2. The van der Waals surface area contributed by atoms with E-state index in [0.717, 1.165) is 38.5 Å². The molecule has 4 fully saturated rings. The minimum atomic E-state index is -0.679. The molecule has 4 aliphatic rings. The predicted molar refractivity (Wildman–Crippen MR) is 122 cm³/mol. The predicted octanol–water partition coefficient (Wildman–Crippen LogP) is 5.36. The molecular formula is C27H46O4. The van der Waals surface area contributed by atoms with Gasteiger partial charge in [0.15, 0.2) is 0 Å². The smallest absolute Gasteiger partial charge is 0.303 e. The quantitative estimate of drug-likeness (QED) is 0.526. The van der Waals surface area contributed by atoms with Crippen molar-refractivity contribution in [2.24, 2.45) is 58.7 Å². The Bertz CT molecular complexity index is 649. The van der Waals surface area contributed by atoms with Gasteiger partial charge in [0, 0.05) is 6.42 Å². The Kier molecular flexibility index (Phi) is 6.81. The molecule has 0 bridgehead atoms. The molecule has 0 aromatic rings. The molecule has 0 aromatic heterocycles. The summed E-state index contributed by atoms with van der Waals surface area (Å²) in [5.41, 5.74) is 0.258. The molecule has 0 unspecified atom stereocenters. The third-order valence-corrected chi connectivity index (χ3v) is 10.9. The highest BCUT2D eigenvalue weighted by molar-refractivity contribution is 5.66. The molecule has 0 saturated heterocycles. The van der Waals surface area contributed by atoms with E-state index in [4.69, 9.17) is 5.11 Å². The summed E-state index contributed by atoms with van der Waals surface area (Å²) in [6.07, 6.45) is 9.31. The topological polar surface area (TPSA) is 77.8 Å². The second-order valence-electron chi connectivity index (χ2n) is 12.2. The number of carboxylic acid groups (broad SMARTS) is 1. The van der Waals surface area contributed by atoms with E-state index < -0.39 is 5.97 Å². The van der Waals surface area contributed by atoms with Gasteiger partial charge in [-0.2, -0.15) is 0 Å². The Labute approximate surface area is 189 Å². The van der Waals surface area contributed by atoms with E-state index in [1.807, 2.05) is 0 Å². The Morgan fingerprint density at radius 3 is 2.52 bits per heavy atom. The lowest BCUT2D eigenvalue weighted by Crippen LogP contribution is -2.61. The van der Waals surface area contributed by atoms with E-state index in [1.54, 1.807) is 0 Å². The standard InChI is InChI=1S/C27H46O4/c1-5-18-21-14-17(28)11-12-27(21,4)22-13-16(3)24-19(15(2)7-6-8-23(29)30)9-10-20(24)25(22)26(18)31/h15-22,24-26,28,31H,5-14H2,1-4H3,(H,29,30)/t15-,16-,17-,18-,19-,20-,21+,22+,24-,25+,26-,27+/m1/s1. The third-order valence-electron chi connectivity index (χ3n) is 10.9. The molecule has 31 heavy (non-hydrogen) atoms. The Morgan fingerprint density at radius 1 is 1.10 bits per heavy atom. The average molecular weight is 435 g/mol. The first-order valence-electron chi connectivity index (χ1n) is 13.3. The van der Waals surface area contributed by atoms with Crippen LogP contribution >= 0.6 is 0 Å². The van der Waals surface area contributed by atoms with Crippen LogP contribution in [0.3, 0.4) is 0 Å². The summed E-state index contributed by atoms with van der Waals surface area (Å²) in [7, 11) is 0. The van der Waals surface area contributed by atoms with Crippen molar-refractivity contribution in [2.75, 3.05) is 0 Å². The maximum absolute atomic E-state index is 11.7. The minimum Gasteiger partial charge on any atom is -0.481 e. The molecule has 0 aromatic carbocycles. The van der Waals surface area contributed by atoms with E-state index in [2.05, 4.69) is 27.7 Å². The van der Waals surface area contributed by atoms with Crippen LogP contribution in [-0.4, -0.2) is 33.5 Å². The highest BCUT2D eigenvalue weighted by Crippen LogP contribution is 2.67. The van der Waals surface area contributed by atoms with Gasteiger partial charge in [0.2, 0.25) is 0 Å². The Hall–Kier alpha value is -0.610. The molecule has 4 nitrogen and oxygen atoms in total. The zero-order valence-electron chi connectivity index (χ0n) is 20.2. The van der Waals surface area contributed by atoms with Crippen LogP contribution in [0.5, 0.6) is 0 Å². The van der Waals surface area contributed by atoms with Gasteiger partial charge in [-0.25, -0.2) is 0 Å². The zero-order valence-corrected chi connectivity index (χ0v) is 20.2. The van der Waals surface area contributed by atoms with Gasteiger partial charge in [0.05, 0.1) is 12.2 Å². The number of hydrogen-bond acceptors (Lipinski definition) is 3. The van der Waals surface area contributed by atoms with Gasteiger partial charge >= 0.3 is 5.97 Å². The number of aliphatic hydroxyl groups is 2. The molecule has 4 rings (SSSR count). The molecule has 0 radical (unpaired) electrons. The van der Waals surface area contributed by atoms with E-state index in [1.165, 1.54) is 19.3 Å². The van der Waals surface area contributed by atoms with Crippen molar-refractivity contribution >= 4 is 5.97 Å². The van der Waals surface area contributed by atoms with Crippen LogP contribution in [0.4, 0.5) is 0 Å². The highest BCUT2D eigenvalue weighted by Gasteiger charge is 2.63. The molecule has 178 valence electrons. The number of aliphatic hydroxyl groups excluding tert-OH is 2. The molecule has 4 aliphatic carbocycles. The highest BCUT2D eigenvalue weighted by atomic mass is 16.4. The molecule has 4 heteroatoms. The van der Waals surface area contributed by atoms with Gasteiger partial charge in [0.1, 0.15) is 0 Å². The number of hydrogen-bond donors (Lipinski definition) is 3. The van der Waals surface area contributed by atoms with E-state index in [-0.39, 0.29) is 24.0 Å². The fourth-order valence-corrected chi connectivity index (χ4v) is 9.56. The largest absolute Gasteiger partial charge is 0.481 e. The summed E-state index contributed by atoms with van der Waals surface area (Å²) < 4.78 is 0. The van der Waals surface area contributed by atoms with Gasteiger partial charge < -0.3 is 15.3 Å². The van der Waals surface area contributed by atoms with E-state index >= 15 is 0 Å². The number of carbonyl (C=O) groups is 1. The van der Waals surface area contributed by atoms with E-state index in [0.29, 0.717) is 53.3 Å². The van der Waals surface area contributed by atoms with Gasteiger partial charge in [-0.1, -0.05) is 34.1 Å². The van der Waals surface area contributed by atoms with Crippen LogP contribution in [0.2, 0.25) is 0 Å². The summed E-state index contributed by atoms with van der Waals surface area (Å²) >= 11 is 0. The average Bonchev–Trinajstić information content (AvgIpc) is 3.16. The summed E-state index contributed by atoms with van der Waals surface area (Å²) in [5.74, 6) is 4.33. The first-order valence-corrected chi connectivity index (χ1v) is 13.3.